The van der Waals surface area contributed by atoms with Gasteiger partial charge in [-0.25, -0.2) is 4.98 Å². The van der Waals surface area contributed by atoms with Crippen LogP contribution in [0, 0.1) is 5.92 Å². The van der Waals surface area contributed by atoms with E-state index in [0.29, 0.717) is 12.0 Å². The summed E-state index contributed by atoms with van der Waals surface area (Å²) in [7, 11) is 0. The van der Waals surface area contributed by atoms with Gasteiger partial charge in [0.15, 0.2) is 0 Å². The van der Waals surface area contributed by atoms with Crippen LogP contribution in [0.5, 0.6) is 0 Å². The molecule has 0 radical (unpaired) electrons. The van der Waals surface area contributed by atoms with Crippen LogP contribution in [0.4, 0.5) is 0 Å². The van der Waals surface area contributed by atoms with Crippen molar-refractivity contribution in [3.8, 4) is 11.3 Å². The summed E-state index contributed by atoms with van der Waals surface area (Å²) < 4.78 is 0. The van der Waals surface area contributed by atoms with Crippen molar-refractivity contribution in [1.82, 2.24) is 10.3 Å². The second-order valence-corrected chi connectivity index (χ2v) is 6.52. The van der Waals surface area contributed by atoms with E-state index in [0.717, 1.165) is 18.7 Å². The number of hydrogen-bond donors (Lipinski definition) is 1. The quantitative estimate of drug-likeness (QED) is 0.818. The lowest BCUT2D eigenvalue weighted by atomic mass is 10.0. The summed E-state index contributed by atoms with van der Waals surface area (Å²) in [5.41, 5.74) is 2.31. The van der Waals surface area contributed by atoms with E-state index in [1.165, 1.54) is 17.0 Å². The van der Waals surface area contributed by atoms with Gasteiger partial charge in [0.25, 0.3) is 0 Å². The Hall–Kier alpha value is -1.19. The largest absolute Gasteiger partial charge is 0.314 e. The molecule has 3 heteroatoms. The van der Waals surface area contributed by atoms with Crippen LogP contribution in [-0.4, -0.2) is 17.6 Å². The van der Waals surface area contributed by atoms with Gasteiger partial charge in [0.1, 0.15) is 0 Å². The number of likely N-dealkylation sites (N-methyl/N-ethyl adjacent to an activating group) is 1. The van der Waals surface area contributed by atoms with Crippen LogP contribution in [0.2, 0.25) is 0 Å². The van der Waals surface area contributed by atoms with Crippen molar-refractivity contribution in [3.63, 3.8) is 0 Å². The van der Waals surface area contributed by atoms with Gasteiger partial charge in [-0.05, 0) is 18.9 Å². The molecule has 1 N–H and O–H groups in total. The first-order chi connectivity index (χ1) is 9.69. The third kappa shape index (κ3) is 4.43. The molecule has 0 spiro atoms. The molecule has 0 aliphatic rings. The second-order valence-electron chi connectivity index (χ2n) is 5.58. The van der Waals surface area contributed by atoms with Crippen LogP contribution >= 0.6 is 11.3 Å². The summed E-state index contributed by atoms with van der Waals surface area (Å²) in [5, 5.41) is 6.98. The molecule has 20 heavy (non-hydrogen) atoms. The van der Waals surface area contributed by atoms with Crippen LogP contribution in [0.3, 0.4) is 0 Å². The van der Waals surface area contributed by atoms with Crippen molar-refractivity contribution in [2.75, 3.05) is 6.54 Å². The van der Waals surface area contributed by atoms with E-state index < -0.39 is 0 Å². The lowest BCUT2D eigenvalue weighted by Gasteiger charge is -2.18. The smallest absolute Gasteiger partial charge is 0.0948 e. The Morgan fingerprint density at radius 2 is 1.95 bits per heavy atom. The van der Waals surface area contributed by atoms with Crippen molar-refractivity contribution in [2.24, 2.45) is 5.92 Å². The molecule has 1 aromatic heterocycles. The van der Waals surface area contributed by atoms with Gasteiger partial charge in [0.2, 0.25) is 0 Å². The highest BCUT2D eigenvalue weighted by Gasteiger charge is 2.13. The molecule has 0 bridgehead atoms. The predicted octanol–water partition coefficient (Wildman–Crippen LogP) is 4.38. The van der Waals surface area contributed by atoms with Gasteiger partial charge in [-0.2, -0.15) is 0 Å². The Kier molecular flexibility index (Phi) is 5.74. The van der Waals surface area contributed by atoms with E-state index in [4.69, 9.17) is 4.98 Å². The molecule has 1 aromatic carbocycles. The highest BCUT2D eigenvalue weighted by Crippen LogP contribution is 2.23. The molecule has 0 fully saturated rings. The van der Waals surface area contributed by atoms with Crippen LogP contribution in [0.1, 0.15) is 32.2 Å². The molecule has 0 amide bonds. The fourth-order valence-corrected chi connectivity index (χ4v) is 3.34. The fraction of sp³-hybridized carbons (Fsp3) is 0.471. The summed E-state index contributed by atoms with van der Waals surface area (Å²) in [6.07, 6.45) is 2.23. The van der Waals surface area contributed by atoms with E-state index in [2.05, 4.69) is 55.7 Å². The predicted molar refractivity (Wildman–Crippen MR) is 88.2 cm³/mol. The standard InChI is InChI=1S/C17H24N2S/c1-4-18-15(10-13(2)3)11-17-19-16(12-20-17)14-8-6-5-7-9-14/h5-9,12-13,15,18H,4,10-11H2,1-3H3. The summed E-state index contributed by atoms with van der Waals surface area (Å²) in [4.78, 5) is 4.79. The van der Waals surface area contributed by atoms with Crippen molar-refractivity contribution in [1.29, 1.82) is 0 Å². The maximum absolute atomic E-state index is 4.79. The molecule has 2 nitrogen and oxygen atoms in total. The number of thiazole rings is 1. The summed E-state index contributed by atoms with van der Waals surface area (Å²) in [5.74, 6) is 0.715. The average Bonchev–Trinajstić information content (AvgIpc) is 2.88. The Labute approximate surface area is 126 Å². The second kappa shape index (κ2) is 7.55. The van der Waals surface area contributed by atoms with Crippen LogP contribution in [0.25, 0.3) is 11.3 Å². The summed E-state index contributed by atoms with van der Waals surface area (Å²) >= 11 is 1.77. The zero-order chi connectivity index (χ0) is 14.4. The minimum atomic E-state index is 0.537. The minimum absolute atomic E-state index is 0.537. The van der Waals surface area contributed by atoms with E-state index in [9.17, 15) is 0 Å². The molecule has 0 saturated carbocycles. The molecule has 108 valence electrons. The number of aromatic nitrogens is 1. The van der Waals surface area contributed by atoms with Crippen LogP contribution < -0.4 is 5.32 Å². The highest BCUT2D eigenvalue weighted by atomic mass is 32.1. The number of benzene rings is 1. The Morgan fingerprint density at radius 3 is 2.60 bits per heavy atom. The number of nitrogens with zero attached hydrogens (tertiary/aromatic N) is 1. The molecular weight excluding hydrogens is 264 g/mol. The van der Waals surface area contributed by atoms with Crippen LogP contribution in [-0.2, 0) is 6.42 Å². The highest BCUT2D eigenvalue weighted by molar-refractivity contribution is 7.09. The summed E-state index contributed by atoms with van der Waals surface area (Å²) in [6.45, 7) is 7.75. The number of nitrogens with one attached hydrogen (secondary N) is 1. The van der Waals surface area contributed by atoms with Gasteiger partial charge in [-0.1, -0.05) is 51.1 Å². The maximum atomic E-state index is 4.79. The minimum Gasteiger partial charge on any atom is -0.314 e. The molecule has 1 heterocycles. The van der Waals surface area contributed by atoms with E-state index in [1.807, 2.05) is 6.07 Å². The van der Waals surface area contributed by atoms with Gasteiger partial charge >= 0.3 is 0 Å². The van der Waals surface area contributed by atoms with Gasteiger partial charge in [0, 0.05) is 23.4 Å². The van der Waals surface area contributed by atoms with Crippen molar-refractivity contribution in [2.45, 2.75) is 39.7 Å². The Balaban J connectivity index is 2.04. The zero-order valence-electron chi connectivity index (χ0n) is 12.6. The first kappa shape index (κ1) is 15.2. The van der Waals surface area contributed by atoms with Gasteiger partial charge in [-0.15, -0.1) is 11.3 Å². The van der Waals surface area contributed by atoms with E-state index >= 15 is 0 Å². The lowest BCUT2D eigenvalue weighted by molar-refractivity contribution is 0.423. The Morgan fingerprint density at radius 1 is 1.20 bits per heavy atom. The average molecular weight is 288 g/mol. The molecule has 2 rings (SSSR count). The van der Waals surface area contributed by atoms with Gasteiger partial charge < -0.3 is 5.32 Å². The normalized spacial score (nSPS) is 12.8. The fourth-order valence-electron chi connectivity index (χ4n) is 2.45. The van der Waals surface area contributed by atoms with Gasteiger partial charge in [0.05, 0.1) is 10.7 Å². The van der Waals surface area contributed by atoms with Crippen molar-refractivity contribution < 1.29 is 0 Å². The third-order valence-electron chi connectivity index (χ3n) is 3.29. The zero-order valence-corrected chi connectivity index (χ0v) is 13.4. The monoisotopic (exact) mass is 288 g/mol. The Bertz CT molecular complexity index is 505. The molecule has 0 aliphatic carbocycles. The number of hydrogen-bond acceptors (Lipinski definition) is 3. The van der Waals surface area contributed by atoms with E-state index in [-0.39, 0.29) is 0 Å². The molecule has 0 aliphatic heterocycles. The van der Waals surface area contributed by atoms with Crippen molar-refractivity contribution in [3.05, 3.63) is 40.7 Å². The molecule has 0 saturated heterocycles. The van der Waals surface area contributed by atoms with E-state index in [1.54, 1.807) is 11.3 Å². The first-order valence-electron chi connectivity index (χ1n) is 7.42. The van der Waals surface area contributed by atoms with Gasteiger partial charge in [-0.3, -0.25) is 0 Å². The SMILES string of the molecule is CCNC(Cc1nc(-c2ccccc2)cs1)CC(C)C. The first-order valence-corrected chi connectivity index (χ1v) is 8.30. The topological polar surface area (TPSA) is 24.9 Å². The third-order valence-corrected chi connectivity index (χ3v) is 4.16. The van der Waals surface area contributed by atoms with Crippen molar-refractivity contribution >= 4 is 11.3 Å². The molecule has 1 atom stereocenters. The maximum Gasteiger partial charge on any atom is 0.0948 e. The molecule has 2 aromatic rings. The lowest BCUT2D eigenvalue weighted by Crippen LogP contribution is -2.32. The molecule has 1 unspecified atom stereocenters. The number of rotatable bonds is 7. The molecular formula is C17H24N2S. The summed E-state index contributed by atoms with van der Waals surface area (Å²) in [6, 6.07) is 10.9. The van der Waals surface area contributed by atoms with Crippen LogP contribution in [0.15, 0.2) is 35.7 Å².